The number of halogens is 4. The molecule has 1 atom stereocenters. The zero-order valence-corrected chi connectivity index (χ0v) is 16.6. The second kappa shape index (κ2) is 6.96. The molecule has 0 aliphatic heterocycles. The number of rotatable bonds is 5. The van der Waals surface area contributed by atoms with E-state index in [0.717, 1.165) is 12.0 Å². The van der Waals surface area contributed by atoms with Crippen LogP contribution >= 0.6 is 46.4 Å². The van der Waals surface area contributed by atoms with Gasteiger partial charge in [-0.3, -0.25) is 9.78 Å². The molecule has 1 aromatic heterocycles. The average Bonchev–Trinajstić information content (AvgIpc) is 3.21. The van der Waals surface area contributed by atoms with E-state index in [2.05, 4.69) is 4.98 Å². The first-order chi connectivity index (χ1) is 11.7. The average molecular weight is 419 g/mol. The minimum atomic E-state index is -0.681. The number of carbonyl (C=O) groups is 1. The number of benzene rings is 1. The maximum atomic E-state index is 12.4. The summed E-state index contributed by atoms with van der Waals surface area (Å²) in [7, 11) is 0. The monoisotopic (exact) mass is 417 g/mol. The largest absolute Gasteiger partial charge is 0.482 e. The second-order valence-corrected chi connectivity index (χ2v) is 8.39. The number of Topliss-reactive ketones (excluding diaryl/α,β-unsaturated/α-hetero) is 1. The van der Waals surface area contributed by atoms with Gasteiger partial charge in [0.25, 0.3) is 0 Å². The summed E-state index contributed by atoms with van der Waals surface area (Å²) in [5.41, 5.74) is 2.76. The van der Waals surface area contributed by atoms with Crippen LogP contribution in [0.25, 0.3) is 0 Å². The van der Waals surface area contributed by atoms with E-state index in [1.54, 1.807) is 26.0 Å². The standard InChI is InChI=1S/C18H15Cl4NO2/c1-9-15(19)17(16(20)10(2)23-9)25-8-14(24)12-5-3-11(4-6-12)13-7-18(13,21)22/h3-6,13H,7-8H2,1-2H3. The van der Waals surface area contributed by atoms with E-state index < -0.39 is 4.33 Å². The van der Waals surface area contributed by atoms with Gasteiger partial charge in [-0.25, -0.2) is 0 Å². The van der Waals surface area contributed by atoms with E-state index in [1.165, 1.54) is 0 Å². The third kappa shape index (κ3) is 3.90. The lowest BCUT2D eigenvalue weighted by molar-refractivity contribution is 0.0921. The highest BCUT2D eigenvalue weighted by Gasteiger charge is 2.52. The summed E-state index contributed by atoms with van der Waals surface area (Å²) in [6, 6.07) is 7.22. The fourth-order valence-corrected chi connectivity index (χ4v) is 3.59. The van der Waals surface area contributed by atoms with Gasteiger partial charge in [0.2, 0.25) is 0 Å². The van der Waals surface area contributed by atoms with Crippen molar-refractivity contribution < 1.29 is 9.53 Å². The van der Waals surface area contributed by atoms with Gasteiger partial charge < -0.3 is 4.74 Å². The Morgan fingerprint density at radius 2 is 1.68 bits per heavy atom. The smallest absolute Gasteiger partial charge is 0.200 e. The number of pyridine rings is 1. The third-order valence-corrected chi connectivity index (χ3v) is 5.90. The molecule has 0 N–H and O–H groups in total. The number of ether oxygens (including phenoxy) is 1. The van der Waals surface area contributed by atoms with E-state index in [1.807, 2.05) is 12.1 Å². The molecule has 1 aliphatic carbocycles. The molecular weight excluding hydrogens is 404 g/mol. The lowest BCUT2D eigenvalue weighted by Crippen LogP contribution is -2.12. The summed E-state index contributed by atoms with van der Waals surface area (Å²) < 4.78 is 4.89. The second-order valence-electron chi connectivity index (χ2n) is 6.09. The van der Waals surface area contributed by atoms with Crippen molar-refractivity contribution in [3.8, 4) is 5.75 Å². The van der Waals surface area contributed by atoms with Crippen molar-refractivity contribution in [2.45, 2.75) is 30.5 Å². The van der Waals surface area contributed by atoms with E-state index >= 15 is 0 Å². The van der Waals surface area contributed by atoms with Gasteiger partial charge >= 0.3 is 0 Å². The van der Waals surface area contributed by atoms with Crippen LogP contribution in [0.1, 0.15) is 39.6 Å². The van der Waals surface area contributed by atoms with Crippen molar-refractivity contribution in [1.82, 2.24) is 4.98 Å². The summed E-state index contributed by atoms with van der Waals surface area (Å²) in [5, 5.41) is 0.626. The Morgan fingerprint density at radius 1 is 1.16 bits per heavy atom. The highest BCUT2D eigenvalue weighted by molar-refractivity contribution is 6.51. The molecule has 132 valence electrons. The number of aryl methyl sites for hydroxylation is 2. The molecule has 25 heavy (non-hydrogen) atoms. The molecule has 1 unspecified atom stereocenters. The molecule has 1 aromatic carbocycles. The summed E-state index contributed by atoms with van der Waals surface area (Å²) in [4.78, 5) is 16.6. The van der Waals surface area contributed by atoms with Crippen molar-refractivity contribution in [3.63, 3.8) is 0 Å². The van der Waals surface area contributed by atoms with Gasteiger partial charge in [0, 0.05) is 11.5 Å². The molecule has 1 aliphatic rings. The molecule has 1 heterocycles. The molecule has 1 fully saturated rings. The fourth-order valence-electron chi connectivity index (χ4n) is 2.60. The van der Waals surface area contributed by atoms with Gasteiger partial charge in [0.05, 0.1) is 11.4 Å². The van der Waals surface area contributed by atoms with Crippen molar-refractivity contribution in [1.29, 1.82) is 0 Å². The summed E-state index contributed by atoms with van der Waals surface area (Å²) in [6.45, 7) is 3.34. The number of hydrogen-bond acceptors (Lipinski definition) is 3. The quantitative estimate of drug-likeness (QED) is 0.446. The SMILES string of the molecule is Cc1nc(C)c(Cl)c(OCC(=O)c2ccc(C3CC3(Cl)Cl)cc2)c1Cl. The van der Waals surface area contributed by atoms with Crippen molar-refractivity contribution in [2.75, 3.05) is 6.61 Å². The number of nitrogens with zero attached hydrogens (tertiary/aromatic N) is 1. The van der Waals surface area contributed by atoms with Gasteiger partial charge in [-0.2, -0.15) is 0 Å². The number of aromatic nitrogens is 1. The predicted octanol–water partition coefficient (Wildman–Crippen LogP) is 5.93. The molecule has 0 amide bonds. The maximum absolute atomic E-state index is 12.4. The molecule has 1 saturated carbocycles. The van der Waals surface area contributed by atoms with Gasteiger partial charge in [-0.05, 0) is 25.8 Å². The highest BCUT2D eigenvalue weighted by Crippen LogP contribution is 2.59. The number of hydrogen-bond donors (Lipinski definition) is 0. The van der Waals surface area contributed by atoms with Gasteiger partial charge in [-0.15, -0.1) is 23.2 Å². The molecule has 0 radical (unpaired) electrons. The minimum Gasteiger partial charge on any atom is -0.482 e. The van der Waals surface area contributed by atoms with Crippen molar-refractivity contribution >= 4 is 52.2 Å². The minimum absolute atomic E-state index is 0.122. The fraction of sp³-hybridized carbons (Fsp3) is 0.333. The topological polar surface area (TPSA) is 39.2 Å². The highest BCUT2D eigenvalue weighted by atomic mass is 35.5. The van der Waals surface area contributed by atoms with Crippen LogP contribution in [0, 0.1) is 13.8 Å². The normalized spacial score (nSPS) is 18.1. The first-order valence-electron chi connectivity index (χ1n) is 7.66. The number of alkyl halides is 2. The summed E-state index contributed by atoms with van der Waals surface area (Å²) in [5.74, 6) is 0.228. The first kappa shape index (κ1) is 18.8. The molecule has 0 saturated heterocycles. The lowest BCUT2D eigenvalue weighted by atomic mass is 10.1. The molecular formula is C18H15Cl4NO2. The Morgan fingerprint density at radius 3 is 2.16 bits per heavy atom. The zero-order chi connectivity index (χ0) is 18.4. The number of carbonyl (C=O) groups excluding carboxylic acids is 1. The van der Waals surface area contributed by atoms with Crippen LogP contribution in [-0.4, -0.2) is 21.7 Å². The molecule has 3 nitrogen and oxygen atoms in total. The van der Waals surface area contributed by atoms with Crippen LogP contribution in [0.2, 0.25) is 10.0 Å². The van der Waals surface area contributed by atoms with Crippen molar-refractivity contribution in [3.05, 3.63) is 56.8 Å². The first-order valence-corrected chi connectivity index (χ1v) is 9.18. The van der Waals surface area contributed by atoms with Crippen LogP contribution in [0.5, 0.6) is 5.75 Å². The van der Waals surface area contributed by atoms with E-state index in [-0.39, 0.29) is 24.1 Å². The van der Waals surface area contributed by atoms with Crippen molar-refractivity contribution in [2.24, 2.45) is 0 Å². The van der Waals surface area contributed by atoms with Crippen LogP contribution in [0.4, 0.5) is 0 Å². The molecule has 2 aromatic rings. The predicted molar refractivity (Wildman–Crippen MR) is 102 cm³/mol. The molecule has 7 heteroatoms. The van der Waals surface area contributed by atoms with Gasteiger partial charge in [0.15, 0.2) is 18.1 Å². The van der Waals surface area contributed by atoms with E-state index in [9.17, 15) is 4.79 Å². The third-order valence-electron chi connectivity index (χ3n) is 4.18. The van der Waals surface area contributed by atoms with Gasteiger partial charge in [-0.1, -0.05) is 47.5 Å². The van der Waals surface area contributed by atoms with Gasteiger partial charge in [0.1, 0.15) is 14.4 Å². The lowest BCUT2D eigenvalue weighted by Gasteiger charge is -2.12. The molecule has 3 rings (SSSR count). The Balaban J connectivity index is 1.69. The molecule has 0 bridgehead atoms. The van der Waals surface area contributed by atoms with Crippen LogP contribution in [0.3, 0.4) is 0 Å². The van der Waals surface area contributed by atoms with Crippen LogP contribution in [-0.2, 0) is 0 Å². The summed E-state index contributed by atoms with van der Waals surface area (Å²) in [6.07, 6.45) is 0.726. The Bertz CT molecular complexity index is 808. The van der Waals surface area contributed by atoms with Crippen LogP contribution < -0.4 is 4.74 Å². The number of ketones is 1. The Labute approximate surface area is 166 Å². The Hall–Kier alpha value is -1.000. The summed E-state index contributed by atoms with van der Waals surface area (Å²) >= 11 is 24.5. The zero-order valence-electron chi connectivity index (χ0n) is 13.6. The van der Waals surface area contributed by atoms with E-state index in [0.29, 0.717) is 27.0 Å². The maximum Gasteiger partial charge on any atom is 0.200 e. The molecule has 0 spiro atoms. The van der Waals surface area contributed by atoms with E-state index in [4.69, 9.17) is 51.1 Å². The Kier molecular flexibility index (Phi) is 5.23. The van der Waals surface area contributed by atoms with Crippen LogP contribution in [0.15, 0.2) is 24.3 Å².